The highest BCUT2D eigenvalue weighted by Gasteiger charge is 2.19. The van der Waals surface area contributed by atoms with Crippen molar-refractivity contribution in [1.29, 1.82) is 0 Å². The molecule has 0 heterocycles. The largest absolute Gasteiger partial charge is 0.393 e. The fourth-order valence-corrected chi connectivity index (χ4v) is 2.62. The molecule has 18 heavy (non-hydrogen) atoms. The molecule has 2 nitrogen and oxygen atoms in total. The van der Waals surface area contributed by atoms with Crippen LogP contribution in [0.5, 0.6) is 0 Å². The summed E-state index contributed by atoms with van der Waals surface area (Å²) in [6.45, 7) is 2.81. The molecule has 1 aliphatic rings. The molecule has 2 rings (SSSR count). The molecule has 0 spiro atoms. The Morgan fingerprint density at radius 3 is 3.11 bits per heavy atom. The molecule has 0 saturated carbocycles. The monoisotopic (exact) mass is 251 g/mol. The van der Waals surface area contributed by atoms with Crippen LogP contribution >= 0.6 is 0 Å². The predicted molar refractivity (Wildman–Crippen MR) is 71.0 cm³/mol. The van der Waals surface area contributed by atoms with Gasteiger partial charge in [0.1, 0.15) is 5.82 Å². The molecule has 0 aromatic heterocycles. The van der Waals surface area contributed by atoms with Crippen molar-refractivity contribution >= 4 is 0 Å². The van der Waals surface area contributed by atoms with E-state index in [9.17, 15) is 9.50 Å². The Morgan fingerprint density at radius 2 is 2.33 bits per heavy atom. The number of aryl methyl sites for hydroxylation is 1. The first-order valence-corrected chi connectivity index (χ1v) is 6.90. The van der Waals surface area contributed by atoms with Crippen molar-refractivity contribution in [2.24, 2.45) is 0 Å². The second-order valence-corrected chi connectivity index (χ2v) is 5.09. The van der Waals surface area contributed by atoms with Crippen LogP contribution < -0.4 is 5.32 Å². The fraction of sp³-hybridized carbons (Fsp3) is 0.600. The van der Waals surface area contributed by atoms with E-state index in [1.54, 1.807) is 12.1 Å². The van der Waals surface area contributed by atoms with Crippen LogP contribution in [0.3, 0.4) is 0 Å². The molecule has 1 aromatic carbocycles. The van der Waals surface area contributed by atoms with E-state index < -0.39 is 0 Å². The van der Waals surface area contributed by atoms with E-state index in [2.05, 4.69) is 5.32 Å². The third kappa shape index (κ3) is 3.30. The molecule has 2 unspecified atom stereocenters. The SMILES string of the molecule is CCC(O)CCNC1CCCc2cc(F)ccc21. The standard InChI is InChI=1S/C15H22FNO/c1-2-13(18)8-9-17-15-5-3-4-11-10-12(16)6-7-14(11)15/h6-7,10,13,15,17-18H,2-5,8-9H2,1H3. The highest BCUT2D eigenvalue weighted by atomic mass is 19.1. The summed E-state index contributed by atoms with van der Waals surface area (Å²) in [4.78, 5) is 0. The van der Waals surface area contributed by atoms with Crippen molar-refractivity contribution in [2.45, 2.75) is 51.2 Å². The van der Waals surface area contributed by atoms with Crippen molar-refractivity contribution in [1.82, 2.24) is 5.32 Å². The first-order chi connectivity index (χ1) is 8.70. The van der Waals surface area contributed by atoms with Crippen molar-refractivity contribution in [3.05, 3.63) is 35.1 Å². The lowest BCUT2D eigenvalue weighted by atomic mass is 9.87. The Balaban J connectivity index is 1.95. The van der Waals surface area contributed by atoms with E-state index in [0.717, 1.165) is 44.2 Å². The summed E-state index contributed by atoms with van der Waals surface area (Å²) in [5, 5.41) is 13.0. The molecule has 1 aliphatic carbocycles. The predicted octanol–water partition coefficient (Wildman–Crippen LogP) is 2.95. The van der Waals surface area contributed by atoms with Crippen LogP contribution in [-0.2, 0) is 6.42 Å². The molecule has 0 saturated heterocycles. The van der Waals surface area contributed by atoms with Crippen LogP contribution in [0.2, 0.25) is 0 Å². The number of hydrogen-bond donors (Lipinski definition) is 2. The van der Waals surface area contributed by atoms with Gasteiger partial charge in [-0.2, -0.15) is 0 Å². The lowest BCUT2D eigenvalue weighted by Gasteiger charge is -2.27. The van der Waals surface area contributed by atoms with Crippen LogP contribution in [0.25, 0.3) is 0 Å². The molecular weight excluding hydrogens is 229 g/mol. The van der Waals surface area contributed by atoms with Crippen LogP contribution in [0.4, 0.5) is 4.39 Å². The number of benzene rings is 1. The molecule has 0 radical (unpaired) electrons. The van der Waals surface area contributed by atoms with Gasteiger partial charge in [-0.1, -0.05) is 13.0 Å². The molecule has 2 N–H and O–H groups in total. The van der Waals surface area contributed by atoms with Crippen LogP contribution in [0.15, 0.2) is 18.2 Å². The summed E-state index contributed by atoms with van der Waals surface area (Å²) in [5.74, 6) is -0.143. The van der Waals surface area contributed by atoms with Gasteiger partial charge in [0, 0.05) is 6.04 Å². The summed E-state index contributed by atoms with van der Waals surface area (Å²) in [6.07, 6.45) is 4.54. The van der Waals surface area contributed by atoms with Crippen LogP contribution in [0, 0.1) is 5.82 Å². The maximum absolute atomic E-state index is 13.2. The molecule has 0 fully saturated rings. The Morgan fingerprint density at radius 1 is 1.50 bits per heavy atom. The maximum atomic E-state index is 13.2. The summed E-state index contributed by atoms with van der Waals surface area (Å²) in [7, 11) is 0. The van der Waals surface area contributed by atoms with Gasteiger partial charge in [0.15, 0.2) is 0 Å². The van der Waals surface area contributed by atoms with Gasteiger partial charge < -0.3 is 10.4 Å². The minimum atomic E-state index is -0.214. The molecule has 2 atom stereocenters. The smallest absolute Gasteiger partial charge is 0.123 e. The van der Waals surface area contributed by atoms with E-state index in [0.29, 0.717) is 6.04 Å². The summed E-state index contributed by atoms with van der Waals surface area (Å²) in [5.41, 5.74) is 2.36. The average Bonchev–Trinajstić information content (AvgIpc) is 2.38. The minimum Gasteiger partial charge on any atom is -0.393 e. The number of fused-ring (bicyclic) bond motifs is 1. The van der Waals surface area contributed by atoms with Gasteiger partial charge in [0.05, 0.1) is 6.10 Å². The summed E-state index contributed by atoms with van der Waals surface area (Å²) in [6, 6.07) is 5.42. The molecule has 0 bridgehead atoms. The lowest BCUT2D eigenvalue weighted by molar-refractivity contribution is 0.158. The fourth-order valence-electron chi connectivity index (χ4n) is 2.62. The van der Waals surface area contributed by atoms with Crippen LogP contribution in [0.1, 0.15) is 49.8 Å². The van der Waals surface area contributed by atoms with Gasteiger partial charge in [-0.25, -0.2) is 4.39 Å². The first kappa shape index (κ1) is 13.5. The molecule has 3 heteroatoms. The normalized spacial score (nSPS) is 20.5. The Labute approximate surface area is 108 Å². The third-order valence-electron chi connectivity index (χ3n) is 3.76. The minimum absolute atomic E-state index is 0.143. The molecule has 100 valence electrons. The van der Waals surface area contributed by atoms with Crippen molar-refractivity contribution < 1.29 is 9.50 Å². The lowest BCUT2D eigenvalue weighted by Crippen LogP contribution is -2.28. The van der Waals surface area contributed by atoms with Crippen molar-refractivity contribution in [3.8, 4) is 0 Å². The number of halogens is 1. The highest BCUT2D eigenvalue weighted by molar-refractivity contribution is 5.32. The topological polar surface area (TPSA) is 32.3 Å². The molecule has 0 aliphatic heterocycles. The van der Waals surface area contributed by atoms with Gasteiger partial charge in [-0.15, -0.1) is 0 Å². The summed E-state index contributed by atoms with van der Waals surface area (Å²) < 4.78 is 13.2. The van der Waals surface area contributed by atoms with E-state index in [1.165, 1.54) is 5.56 Å². The van der Waals surface area contributed by atoms with Gasteiger partial charge in [-0.05, 0) is 61.9 Å². The summed E-state index contributed by atoms with van der Waals surface area (Å²) >= 11 is 0. The zero-order chi connectivity index (χ0) is 13.0. The number of aliphatic hydroxyl groups is 1. The average molecular weight is 251 g/mol. The Bertz CT molecular complexity index is 394. The maximum Gasteiger partial charge on any atom is 0.123 e. The zero-order valence-corrected chi connectivity index (χ0v) is 11.0. The number of rotatable bonds is 5. The Hall–Kier alpha value is -0.930. The number of aliphatic hydroxyl groups excluding tert-OH is 1. The van der Waals surface area contributed by atoms with E-state index in [-0.39, 0.29) is 11.9 Å². The highest BCUT2D eigenvalue weighted by Crippen LogP contribution is 2.30. The van der Waals surface area contributed by atoms with Crippen LogP contribution in [-0.4, -0.2) is 17.8 Å². The number of hydrogen-bond acceptors (Lipinski definition) is 2. The van der Waals surface area contributed by atoms with Crippen molar-refractivity contribution in [3.63, 3.8) is 0 Å². The molecule has 1 aromatic rings. The van der Waals surface area contributed by atoms with Gasteiger partial charge >= 0.3 is 0 Å². The van der Waals surface area contributed by atoms with Gasteiger partial charge in [-0.3, -0.25) is 0 Å². The second-order valence-electron chi connectivity index (χ2n) is 5.09. The number of nitrogens with one attached hydrogen (secondary N) is 1. The van der Waals surface area contributed by atoms with E-state index in [4.69, 9.17) is 0 Å². The van der Waals surface area contributed by atoms with Crippen molar-refractivity contribution in [2.75, 3.05) is 6.54 Å². The second kappa shape index (κ2) is 6.30. The quantitative estimate of drug-likeness (QED) is 0.843. The molecular formula is C15H22FNO. The third-order valence-corrected chi connectivity index (χ3v) is 3.76. The first-order valence-electron chi connectivity index (χ1n) is 6.90. The Kier molecular flexibility index (Phi) is 4.72. The van der Waals surface area contributed by atoms with Gasteiger partial charge in [0.25, 0.3) is 0 Å². The van der Waals surface area contributed by atoms with E-state index >= 15 is 0 Å². The van der Waals surface area contributed by atoms with E-state index in [1.807, 2.05) is 13.0 Å². The molecule has 0 amide bonds. The zero-order valence-electron chi connectivity index (χ0n) is 11.0. The van der Waals surface area contributed by atoms with Gasteiger partial charge in [0.2, 0.25) is 0 Å².